The lowest BCUT2D eigenvalue weighted by atomic mass is 10.2. The first kappa shape index (κ1) is 8.34. The monoisotopic (exact) mass is 172 g/mol. The average molecular weight is 173 g/mol. The maximum atomic E-state index is 10.8. The largest absolute Gasteiger partial charge is 0.428 e. The van der Waals surface area contributed by atoms with E-state index in [1.807, 2.05) is 13.0 Å². The van der Waals surface area contributed by atoms with Gasteiger partial charge in [-0.3, -0.25) is 0 Å². The Kier molecular flexibility index (Phi) is 2.71. The van der Waals surface area contributed by atoms with Crippen molar-refractivity contribution in [2.45, 2.75) is 13.3 Å². The van der Waals surface area contributed by atoms with Gasteiger partial charge in [-0.25, -0.2) is 4.79 Å². The summed E-state index contributed by atoms with van der Waals surface area (Å²) in [5.74, 6) is 1.14. The highest BCUT2D eigenvalue weighted by molar-refractivity contribution is 6.17. The van der Waals surface area contributed by atoms with Crippen LogP contribution in [-0.2, 0) is 6.42 Å². The Bertz CT molecular complexity index is 290. The standard InChI is InChI=1S/C8H9ClO2/c1-6-4-7(2-3-9)11-8(10)5-6/h4-5H,2-3H2,1H3. The van der Waals surface area contributed by atoms with Gasteiger partial charge < -0.3 is 4.42 Å². The topological polar surface area (TPSA) is 30.2 Å². The highest BCUT2D eigenvalue weighted by atomic mass is 35.5. The summed E-state index contributed by atoms with van der Waals surface area (Å²) >= 11 is 5.48. The summed E-state index contributed by atoms with van der Waals surface area (Å²) in [7, 11) is 0. The summed E-state index contributed by atoms with van der Waals surface area (Å²) in [6.45, 7) is 1.86. The molecule has 0 unspecified atom stereocenters. The van der Waals surface area contributed by atoms with E-state index in [1.54, 1.807) is 0 Å². The Morgan fingerprint density at radius 3 is 2.82 bits per heavy atom. The third-order valence-electron chi connectivity index (χ3n) is 1.31. The molecule has 0 amide bonds. The van der Waals surface area contributed by atoms with Gasteiger partial charge in [0.05, 0.1) is 0 Å². The maximum absolute atomic E-state index is 10.8. The van der Waals surface area contributed by atoms with Crippen LogP contribution in [0.2, 0.25) is 0 Å². The van der Waals surface area contributed by atoms with Gasteiger partial charge in [0.15, 0.2) is 0 Å². The van der Waals surface area contributed by atoms with Crippen LogP contribution in [0, 0.1) is 6.92 Å². The molecule has 11 heavy (non-hydrogen) atoms. The Morgan fingerprint density at radius 1 is 1.55 bits per heavy atom. The number of hydrogen-bond acceptors (Lipinski definition) is 2. The summed E-state index contributed by atoms with van der Waals surface area (Å²) in [6.07, 6.45) is 0.610. The fourth-order valence-electron chi connectivity index (χ4n) is 0.886. The minimum Gasteiger partial charge on any atom is -0.428 e. The van der Waals surface area contributed by atoms with Crippen molar-refractivity contribution < 1.29 is 4.42 Å². The molecule has 0 aliphatic carbocycles. The molecule has 0 bridgehead atoms. The molecule has 1 rings (SSSR count). The van der Waals surface area contributed by atoms with Gasteiger partial charge >= 0.3 is 5.63 Å². The molecule has 60 valence electrons. The first-order chi connectivity index (χ1) is 5.22. The molecule has 0 spiro atoms. The number of alkyl halides is 1. The molecular formula is C8H9ClO2. The summed E-state index contributed by atoms with van der Waals surface area (Å²) in [5.41, 5.74) is 0.617. The molecule has 0 fully saturated rings. The van der Waals surface area contributed by atoms with E-state index in [0.717, 1.165) is 5.56 Å². The van der Waals surface area contributed by atoms with E-state index in [1.165, 1.54) is 6.07 Å². The van der Waals surface area contributed by atoms with Crippen LogP contribution in [0.25, 0.3) is 0 Å². The second-order valence-electron chi connectivity index (χ2n) is 2.36. The molecule has 1 heterocycles. The van der Waals surface area contributed by atoms with E-state index in [-0.39, 0.29) is 5.63 Å². The van der Waals surface area contributed by atoms with Crippen molar-refractivity contribution >= 4 is 11.6 Å². The van der Waals surface area contributed by atoms with Crippen molar-refractivity contribution in [2.24, 2.45) is 0 Å². The first-order valence-corrected chi connectivity index (χ1v) is 3.92. The molecule has 0 aliphatic rings. The van der Waals surface area contributed by atoms with Crippen molar-refractivity contribution in [3.05, 3.63) is 33.9 Å². The van der Waals surface area contributed by atoms with Crippen LogP contribution >= 0.6 is 11.6 Å². The second kappa shape index (κ2) is 3.58. The van der Waals surface area contributed by atoms with Gasteiger partial charge in [0.25, 0.3) is 0 Å². The van der Waals surface area contributed by atoms with Crippen LogP contribution in [0.3, 0.4) is 0 Å². The summed E-state index contributed by atoms with van der Waals surface area (Å²) in [5, 5.41) is 0. The second-order valence-corrected chi connectivity index (χ2v) is 2.74. The molecule has 0 aliphatic heterocycles. The lowest BCUT2D eigenvalue weighted by molar-refractivity contribution is 0.464. The van der Waals surface area contributed by atoms with Gasteiger partial charge in [0.1, 0.15) is 5.76 Å². The number of hydrogen-bond donors (Lipinski definition) is 0. The molecule has 2 nitrogen and oxygen atoms in total. The average Bonchev–Trinajstić information content (AvgIpc) is 1.85. The molecule has 0 N–H and O–H groups in total. The van der Waals surface area contributed by atoms with Gasteiger partial charge in [-0.15, -0.1) is 11.6 Å². The van der Waals surface area contributed by atoms with Crippen molar-refractivity contribution in [3.8, 4) is 0 Å². The lowest BCUT2D eigenvalue weighted by Gasteiger charge is -1.95. The van der Waals surface area contributed by atoms with Crippen molar-refractivity contribution in [2.75, 3.05) is 5.88 Å². The molecule has 0 saturated carbocycles. The van der Waals surface area contributed by atoms with E-state index in [9.17, 15) is 4.79 Å². The van der Waals surface area contributed by atoms with Crippen LogP contribution < -0.4 is 5.63 Å². The van der Waals surface area contributed by atoms with E-state index < -0.39 is 0 Å². The van der Waals surface area contributed by atoms with Crippen LogP contribution in [0.5, 0.6) is 0 Å². The van der Waals surface area contributed by atoms with Gasteiger partial charge in [0, 0.05) is 18.4 Å². The molecule has 0 radical (unpaired) electrons. The highest BCUT2D eigenvalue weighted by Gasteiger charge is 1.96. The quantitative estimate of drug-likeness (QED) is 0.636. The van der Waals surface area contributed by atoms with Crippen molar-refractivity contribution in [1.82, 2.24) is 0 Å². The summed E-state index contributed by atoms with van der Waals surface area (Å²) in [6, 6.07) is 3.28. The first-order valence-electron chi connectivity index (χ1n) is 3.39. The Hall–Kier alpha value is -0.760. The smallest absolute Gasteiger partial charge is 0.336 e. The molecule has 0 atom stereocenters. The predicted molar refractivity (Wildman–Crippen MR) is 44.1 cm³/mol. The fourth-order valence-corrected chi connectivity index (χ4v) is 1.07. The van der Waals surface area contributed by atoms with E-state index >= 15 is 0 Å². The maximum Gasteiger partial charge on any atom is 0.336 e. The molecule has 1 aromatic heterocycles. The molecule has 3 heteroatoms. The highest BCUT2D eigenvalue weighted by Crippen LogP contribution is 2.01. The normalized spacial score (nSPS) is 10.0. The van der Waals surface area contributed by atoms with Crippen molar-refractivity contribution in [1.29, 1.82) is 0 Å². The van der Waals surface area contributed by atoms with Gasteiger partial charge in [0.2, 0.25) is 0 Å². The Morgan fingerprint density at radius 2 is 2.27 bits per heavy atom. The third kappa shape index (κ3) is 2.39. The predicted octanol–water partition coefficient (Wildman–Crippen LogP) is 1.73. The number of halogens is 1. The van der Waals surface area contributed by atoms with E-state index in [2.05, 4.69) is 0 Å². The van der Waals surface area contributed by atoms with E-state index in [0.29, 0.717) is 18.1 Å². The molecule has 0 aromatic carbocycles. The zero-order chi connectivity index (χ0) is 8.27. The number of rotatable bonds is 2. The number of aryl methyl sites for hydroxylation is 2. The Labute approximate surface area is 69.8 Å². The third-order valence-corrected chi connectivity index (χ3v) is 1.50. The van der Waals surface area contributed by atoms with Gasteiger partial charge in [-0.05, 0) is 18.6 Å². The lowest BCUT2D eigenvalue weighted by Crippen LogP contribution is -2.00. The van der Waals surface area contributed by atoms with Crippen LogP contribution in [0.1, 0.15) is 11.3 Å². The Balaban J connectivity index is 2.99. The molecule has 0 saturated heterocycles. The van der Waals surface area contributed by atoms with Gasteiger partial charge in [-0.2, -0.15) is 0 Å². The zero-order valence-corrected chi connectivity index (χ0v) is 7.02. The van der Waals surface area contributed by atoms with Crippen LogP contribution in [0.4, 0.5) is 0 Å². The minimum absolute atomic E-state index is 0.301. The summed E-state index contributed by atoms with van der Waals surface area (Å²) in [4.78, 5) is 10.8. The van der Waals surface area contributed by atoms with Gasteiger partial charge in [-0.1, -0.05) is 0 Å². The van der Waals surface area contributed by atoms with Crippen LogP contribution in [-0.4, -0.2) is 5.88 Å². The summed E-state index contributed by atoms with van der Waals surface area (Å²) < 4.78 is 4.86. The fraction of sp³-hybridized carbons (Fsp3) is 0.375. The molecular weight excluding hydrogens is 164 g/mol. The zero-order valence-electron chi connectivity index (χ0n) is 6.26. The molecule has 1 aromatic rings. The minimum atomic E-state index is -0.301. The van der Waals surface area contributed by atoms with E-state index in [4.69, 9.17) is 16.0 Å². The van der Waals surface area contributed by atoms with Crippen LogP contribution in [0.15, 0.2) is 21.3 Å². The van der Waals surface area contributed by atoms with Crippen molar-refractivity contribution in [3.63, 3.8) is 0 Å². The SMILES string of the molecule is Cc1cc(CCCl)oc(=O)c1.